The van der Waals surface area contributed by atoms with Crippen molar-refractivity contribution in [2.24, 2.45) is 5.92 Å². The van der Waals surface area contributed by atoms with E-state index in [0.29, 0.717) is 13.0 Å². The number of carbonyl (C=O) groups excluding carboxylic acids is 1. The highest BCUT2D eigenvalue weighted by Crippen LogP contribution is 2.31. The molecule has 1 unspecified atom stereocenters. The van der Waals surface area contributed by atoms with Crippen molar-refractivity contribution in [3.63, 3.8) is 0 Å². The largest absolute Gasteiger partial charge is 0.490 e. The maximum atomic E-state index is 12.3. The zero-order chi connectivity index (χ0) is 24.1. The van der Waals surface area contributed by atoms with E-state index >= 15 is 0 Å². The summed E-state index contributed by atoms with van der Waals surface area (Å²) in [5, 5.41) is 4.00. The van der Waals surface area contributed by atoms with Crippen LogP contribution >= 0.6 is 0 Å². The molecule has 1 saturated heterocycles. The third kappa shape index (κ3) is 6.23. The number of likely N-dealkylation sites (N-methyl/N-ethyl adjacent to an activating group) is 1. The molecule has 2 fully saturated rings. The number of rotatable bonds is 8. The van der Waals surface area contributed by atoms with E-state index < -0.39 is 0 Å². The third-order valence-electron chi connectivity index (χ3n) is 6.70. The summed E-state index contributed by atoms with van der Waals surface area (Å²) in [7, 11) is 3.99. The van der Waals surface area contributed by atoms with E-state index in [1.807, 2.05) is 45.2 Å². The van der Waals surface area contributed by atoms with Crippen molar-refractivity contribution in [1.82, 2.24) is 15.6 Å². The molecule has 1 saturated carbocycles. The topological polar surface area (TPSA) is 72.5 Å². The highest BCUT2D eigenvalue weighted by molar-refractivity contribution is 5.72. The lowest BCUT2D eigenvalue weighted by Crippen LogP contribution is -2.38. The minimum absolute atomic E-state index is 0.0323. The van der Waals surface area contributed by atoms with Gasteiger partial charge in [-0.1, -0.05) is 0 Å². The van der Waals surface area contributed by atoms with Gasteiger partial charge in [0.2, 0.25) is 0 Å². The Labute approximate surface area is 203 Å². The third-order valence-corrected chi connectivity index (χ3v) is 6.70. The fourth-order valence-corrected chi connectivity index (χ4v) is 4.74. The number of nitrogens with zero attached hydrogens (tertiary/aromatic N) is 2. The SMILES string of the molecule is CC(C)OC(=O)[C@@H]1CCC[C@@H](Oc2ccc(C3=C(COC4CCCCO4)N(C)N(C)N3)cc2)C1. The summed E-state index contributed by atoms with van der Waals surface area (Å²) < 4.78 is 23.5. The summed E-state index contributed by atoms with van der Waals surface area (Å²) in [5.74, 6) is 0.648. The smallest absolute Gasteiger partial charge is 0.309 e. The summed E-state index contributed by atoms with van der Waals surface area (Å²) in [6.45, 7) is 5.03. The molecule has 0 radical (unpaired) electrons. The molecule has 0 aromatic heterocycles. The average molecular weight is 474 g/mol. The number of hydrazine groups is 2. The van der Waals surface area contributed by atoms with Crippen molar-refractivity contribution in [3.8, 4) is 5.75 Å². The van der Waals surface area contributed by atoms with Gasteiger partial charge in [-0.25, -0.2) is 0 Å². The molecule has 4 rings (SSSR count). The second-order valence-electron chi connectivity index (χ2n) is 9.70. The molecule has 0 spiro atoms. The predicted octanol–water partition coefficient (Wildman–Crippen LogP) is 4.08. The standard InChI is InChI=1S/C26H39N3O5/c1-18(2)33-26(30)20-8-7-9-22(16-20)34-21-13-11-19(12-14-21)25-23(28(3)29(4)27-25)17-32-24-10-5-6-15-31-24/h11-14,18,20,22,24,27H,5-10,15-17H2,1-4H3/t20-,22-,24?/m1/s1. The first-order valence-corrected chi connectivity index (χ1v) is 12.6. The van der Waals surface area contributed by atoms with E-state index in [0.717, 1.165) is 67.8 Å². The molecule has 1 aromatic carbocycles. The van der Waals surface area contributed by atoms with Crippen LogP contribution in [0.1, 0.15) is 64.4 Å². The summed E-state index contributed by atoms with van der Waals surface area (Å²) >= 11 is 0. The maximum absolute atomic E-state index is 12.3. The van der Waals surface area contributed by atoms with E-state index in [2.05, 4.69) is 22.6 Å². The summed E-state index contributed by atoms with van der Waals surface area (Å²) in [6, 6.07) is 8.13. The van der Waals surface area contributed by atoms with Crippen LogP contribution in [0.25, 0.3) is 5.70 Å². The van der Waals surface area contributed by atoms with Crippen LogP contribution in [-0.4, -0.2) is 61.9 Å². The summed E-state index contributed by atoms with van der Waals surface area (Å²) in [6.07, 6.45) is 6.54. The Morgan fingerprint density at radius 1 is 1.12 bits per heavy atom. The Morgan fingerprint density at radius 3 is 2.62 bits per heavy atom. The van der Waals surface area contributed by atoms with E-state index in [1.165, 1.54) is 0 Å². The van der Waals surface area contributed by atoms with Gasteiger partial charge >= 0.3 is 5.97 Å². The number of hydrogen-bond acceptors (Lipinski definition) is 8. The first kappa shape index (κ1) is 24.8. The van der Waals surface area contributed by atoms with Gasteiger partial charge in [0.05, 0.1) is 36.1 Å². The lowest BCUT2D eigenvalue weighted by molar-refractivity contribution is -0.160. The zero-order valence-corrected chi connectivity index (χ0v) is 20.9. The molecule has 34 heavy (non-hydrogen) atoms. The van der Waals surface area contributed by atoms with Crippen LogP contribution in [0.2, 0.25) is 0 Å². The number of hydrogen-bond donors (Lipinski definition) is 1. The van der Waals surface area contributed by atoms with E-state index in [1.54, 1.807) is 0 Å². The maximum Gasteiger partial charge on any atom is 0.309 e. The fourth-order valence-electron chi connectivity index (χ4n) is 4.74. The molecular formula is C26H39N3O5. The Bertz CT molecular complexity index is 850. The van der Waals surface area contributed by atoms with Crippen LogP contribution in [0, 0.1) is 5.92 Å². The lowest BCUT2D eigenvalue weighted by atomic mass is 9.87. The van der Waals surface area contributed by atoms with Gasteiger partial charge in [-0.3, -0.25) is 15.2 Å². The van der Waals surface area contributed by atoms with Crippen molar-refractivity contribution in [2.45, 2.75) is 77.3 Å². The van der Waals surface area contributed by atoms with Gasteiger partial charge in [0.25, 0.3) is 0 Å². The van der Waals surface area contributed by atoms with Crippen molar-refractivity contribution in [3.05, 3.63) is 35.5 Å². The average Bonchev–Trinajstić information content (AvgIpc) is 3.12. The molecule has 0 amide bonds. The Hall–Kier alpha value is -2.29. The molecule has 0 bridgehead atoms. The normalized spacial score (nSPS) is 26.0. The number of ether oxygens (including phenoxy) is 4. The predicted molar refractivity (Wildman–Crippen MR) is 129 cm³/mol. The van der Waals surface area contributed by atoms with Gasteiger partial charge in [0, 0.05) is 26.3 Å². The van der Waals surface area contributed by atoms with Crippen molar-refractivity contribution < 1.29 is 23.7 Å². The van der Waals surface area contributed by atoms with E-state index in [-0.39, 0.29) is 30.4 Å². The Kier molecular flexibility index (Phi) is 8.34. The molecule has 188 valence electrons. The fraction of sp³-hybridized carbons (Fsp3) is 0.654. The number of carbonyl (C=O) groups is 1. The van der Waals surface area contributed by atoms with Gasteiger partial charge in [0.1, 0.15) is 5.75 Å². The molecule has 1 aromatic rings. The second kappa shape index (κ2) is 11.4. The van der Waals surface area contributed by atoms with Crippen LogP contribution in [0.15, 0.2) is 30.0 Å². The lowest BCUT2D eigenvalue weighted by Gasteiger charge is -2.29. The van der Waals surface area contributed by atoms with Crippen LogP contribution in [0.3, 0.4) is 0 Å². The number of nitrogens with one attached hydrogen (secondary N) is 1. The Balaban J connectivity index is 1.38. The van der Waals surface area contributed by atoms with Crippen LogP contribution in [-0.2, 0) is 19.0 Å². The van der Waals surface area contributed by atoms with Crippen LogP contribution < -0.4 is 10.2 Å². The van der Waals surface area contributed by atoms with Crippen molar-refractivity contribution in [1.29, 1.82) is 0 Å². The molecule has 8 nitrogen and oxygen atoms in total. The van der Waals surface area contributed by atoms with Gasteiger partial charge in [-0.2, -0.15) is 0 Å². The van der Waals surface area contributed by atoms with Crippen LogP contribution in [0.4, 0.5) is 0 Å². The van der Waals surface area contributed by atoms with E-state index in [4.69, 9.17) is 18.9 Å². The molecule has 1 N–H and O–H groups in total. The second-order valence-corrected chi connectivity index (χ2v) is 9.70. The Morgan fingerprint density at radius 2 is 1.91 bits per heavy atom. The minimum atomic E-state index is -0.130. The molecule has 3 atom stereocenters. The number of benzene rings is 1. The highest BCUT2D eigenvalue weighted by Gasteiger charge is 2.30. The first-order valence-electron chi connectivity index (χ1n) is 12.6. The van der Waals surface area contributed by atoms with Gasteiger partial charge in [-0.15, -0.1) is 5.12 Å². The molecule has 2 aliphatic heterocycles. The monoisotopic (exact) mass is 473 g/mol. The molecular weight excluding hydrogens is 434 g/mol. The van der Waals surface area contributed by atoms with Gasteiger partial charge in [0.15, 0.2) is 6.29 Å². The minimum Gasteiger partial charge on any atom is -0.490 e. The summed E-state index contributed by atoms with van der Waals surface area (Å²) in [4.78, 5) is 12.3. The van der Waals surface area contributed by atoms with Gasteiger partial charge < -0.3 is 18.9 Å². The number of esters is 1. The van der Waals surface area contributed by atoms with E-state index in [9.17, 15) is 4.79 Å². The molecule has 8 heteroatoms. The van der Waals surface area contributed by atoms with Crippen molar-refractivity contribution >= 4 is 11.7 Å². The molecule has 1 aliphatic carbocycles. The first-order chi connectivity index (χ1) is 16.4. The highest BCUT2D eigenvalue weighted by atomic mass is 16.7. The zero-order valence-electron chi connectivity index (χ0n) is 20.9. The summed E-state index contributed by atoms with van der Waals surface area (Å²) in [5.41, 5.74) is 6.56. The molecule has 2 heterocycles. The van der Waals surface area contributed by atoms with Crippen LogP contribution in [0.5, 0.6) is 5.75 Å². The van der Waals surface area contributed by atoms with Crippen molar-refractivity contribution in [2.75, 3.05) is 27.3 Å². The van der Waals surface area contributed by atoms with Gasteiger partial charge in [-0.05, 0) is 83.1 Å². The molecule has 3 aliphatic rings. The quantitative estimate of drug-likeness (QED) is 0.566.